The van der Waals surface area contributed by atoms with Crippen molar-refractivity contribution in [2.75, 3.05) is 13.1 Å². The van der Waals surface area contributed by atoms with E-state index in [9.17, 15) is 40.5 Å². The van der Waals surface area contributed by atoms with Crippen LogP contribution in [0.15, 0.2) is 0 Å². The first kappa shape index (κ1) is 34.7. The average molecular weight is 612 g/mol. The first-order chi connectivity index (χ1) is 19.7. The van der Waals surface area contributed by atoms with Crippen LogP contribution in [0.25, 0.3) is 0 Å². The van der Waals surface area contributed by atoms with E-state index in [1.807, 2.05) is 0 Å². The summed E-state index contributed by atoms with van der Waals surface area (Å²) in [6, 6.07) is -3.46. The van der Waals surface area contributed by atoms with Crippen molar-refractivity contribution in [3.05, 3.63) is 0 Å². The van der Waals surface area contributed by atoms with Crippen molar-refractivity contribution in [2.24, 2.45) is 22.9 Å². The smallest absolute Gasteiger partial charge is 0.249 e. The van der Waals surface area contributed by atoms with Crippen molar-refractivity contribution < 1.29 is 59.5 Å². The fourth-order valence-corrected chi connectivity index (χ4v) is 5.23. The SMILES string of the molecule is C[C@@H](O)C1O[C@H](O[C@@H]2C(N)C[C@@H](NC(=O)C(O)CCN)C(O)C2O[C@@H]2O[C@H](CNC(=N)N)C(O)C2O)C(N)C(O)[C@@H]1O. The largest absolute Gasteiger partial charge is 0.391 e. The molecule has 0 radical (unpaired) electrons. The van der Waals surface area contributed by atoms with Crippen LogP contribution >= 0.6 is 0 Å². The molecule has 2 saturated heterocycles. The minimum Gasteiger partial charge on any atom is -0.391 e. The van der Waals surface area contributed by atoms with Crippen LogP contribution in [0.5, 0.6) is 0 Å². The molecule has 1 saturated carbocycles. The number of ether oxygens (including phenoxy) is 4. The molecule has 18 N–H and O–H groups in total. The van der Waals surface area contributed by atoms with Crippen LogP contribution in [-0.4, -0.2) is 159 Å². The summed E-state index contributed by atoms with van der Waals surface area (Å²) >= 11 is 0. The molecule has 0 aromatic carbocycles. The van der Waals surface area contributed by atoms with Gasteiger partial charge in [-0.3, -0.25) is 10.2 Å². The van der Waals surface area contributed by atoms with Gasteiger partial charge >= 0.3 is 0 Å². The quantitative estimate of drug-likeness (QED) is 0.0761. The molecule has 9 unspecified atom stereocenters. The summed E-state index contributed by atoms with van der Waals surface area (Å²) in [6.45, 7) is 1.19. The Hall–Kier alpha value is -1.82. The van der Waals surface area contributed by atoms with E-state index in [-0.39, 0.29) is 25.9 Å². The highest BCUT2D eigenvalue weighted by atomic mass is 16.7. The van der Waals surface area contributed by atoms with Crippen molar-refractivity contribution in [2.45, 2.75) is 118 Å². The average Bonchev–Trinajstić information content (AvgIpc) is 3.19. The van der Waals surface area contributed by atoms with Crippen molar-refractivity contribution in [3.8, 4) is 0 Å². The van der Waals surface area contributed by atoms with E-state index in [4.69, 9.17) is 47.3 Å². The molecule has 3 aliphatic rings. The van der Waals surface area contributed by atoms with Crippen molar-refractivity contribution >= 4 is 11.9 Å². The Balaban J connectivity index is 1.85. The summed E-state index contributed by atoms with van der Waals surface area (Å²) < 4.78 is 23.1. The Kier molecular flexibility index (Phi) is 12.2. The first-order valence-electron chi connectivity index (χ1n) is 13.7. The van der Waals surface area contributed by atoms with Crippen LogP contribution in [0.2, 0.25) is 0 Å². The van der Waals surface area contributed by atoms with Crippen molar-refractivity contribution in [3.63, 3.8) is 0 Å². The molecule has 2 aliphatic heterocycles. The second-order valence-electron chi connectivity index (χ2n) is 10.9. The molecule has 0 aromatic heterocycles. The van der Waals surface area contributed by atoms with Gasteiger partial charge in [0.1, 0.15) is 61.0 Å². The fourth-order valence-electron chi connectivity index (χ4n) is 5.23. The van der Waals surface area contributed by atoms with Crippen LogP contribution in [0.1, 0.15) is 19.8 Å². The minimum absolute atomic E-state index is 0.0253. The standard InChI is InChI=1S/C23H45N7O12/c1-6(31)17-15(36)14(35)11(26)21(40-17)41-18-7(25)4-8(30-20(38)9(32)2-3-24)12(33)19(18)42-22-16(37)13(34)10(39-22)5-29-23(27)28/h6-19,21-22,31-37H,2-5,24-26H2,1H3,(H,30,38)(H4,27,28,29)/t6-,7?,8-,9?,10-,11?,12?,13?,14?,15+,16?,17?,18-,19?,21-,22+/m1/s1. The molecule has 0 spiro atoms. The normalized spacial score (nSPS) is 43.9. The third-order valence-electron chi connectivity index (χ3n) is 7.65. The molecule has 2 heterocycles. The molecule has 42 heavy (non-hydrogen) atoms. The van der Waals surface area contributed by atoms with Gasteiger partial charge in [-0.15, -0.1) is 0 Å². The molecule has 1 amide bonds. The second kappa shape index (κ2) is 14.8. The van der Waals surface area contributed by atoms with Crippen LogP contribution in [0, 0.1) is 5.41 Å². The summed E-state index contributed by atoms with van der Waals surface area (Å²) in [5.41, 5.74) is 23.1. The van der Waals surface area contributed by atoms with Gasteiger partial charge < -0.3 is 88.3 Å². The topological polar surface area (TPSA) is 348 Å². The molecular weight excluding hydrogens is 566 g/mol. The van der Waals surface area contributed by atoms with Gasteiger partial charge in [-0.1, -0.05) is 0 Å². The van der Waals surface area contributed by atoms with E-state index in [0.29, 0.717) is 0 Å². The second-order valence-corrected chi connectivity index (χ2v) is 10.9. The van der Waals surface area contributed by atoms with Gasteiger partial charge in [-0.2, -0.15) is 0 Å². The predicted octanol–water partition coefficient (Wildman–Crippen LogP) is -7.87. The monoisotopic (exact) mass is 611 g/mol. The number of hydrogen-bond acceptors (Lipinski definition) is 16. The highest BCUT2D eigenvalue weighted by molar-refractivity contribution is 5.80. The predicted molar refractivity (Wildman–Crippen MR) is 141 cm³/mol. The van der Waals surface area contributed by atoms with Gasteiger partial charge in [-0.05, 0) is 26.3 Å². The highest BCUT2D eigenvalue weighted by Gasteiger charge is 2.53. The Morgan fingerprint density at radius 2 is 1.62 bits per heavy atom. The lowest BCUT2D eigenvalue weighted by atomic mass is 9.83. The van der Waals surface area contributed by atoms with Crippen LogP contribution < -0.4 is 33.6 Å². The first-order valence-corrected chi connectivity index (χ1v) is 13.7. The molecule has 19 nitrogen and oxygen atoms in total. The summed E-state index contributed by atoms with van der Waals surface area (Å²) in [6.07, 6.45) is -18.9. The van der Waals surface area contributed by atoms with E-state index in [0.717, 1.165) is 0 Å². The van der Waals surface area contributed by atoms with E-state index >= 15 is 0 Å². The number of aliphatic hydroxyl groups excluding tert-OH is 7. The van der Waals surface area contributed by atoms with E-state index in [1.165, 1.54) is 6.92 Å². The maximum Gasteiger partial charge on any atom is 0.249 e. The summed E-state index contributed by atoms with van der Waals surface area (Å²) in [4.78, 5) is 12.5. The molecule has 19 heteroatoms. The number of nitrogens with two attached hydrogens (primary N) is 4. The zero-order valence-corrected chi connectivity index (χ0v) is 23.0. The molecule has 3 fully saturated rings. The summed E-state index contributed by atoms with van der Waals surface area (Å²) in [5.74, 6) is -1.24. The number of nitrogens with one attached hydrogen (secondary N) is 3. The Labute approximate surface area is 241 Å². The molecule has 0 aromatic rings. The van der Waals surface area contributed by atoms with E-state index < -0.39 is 110 Å². The molecule has 0 bridgehead atoms. The lowest BCUT2D eigenvalue weighted by Gasteiger charge is -2.48. The van der Waals surface area contributed by atoms with Crippen LogP contribution in [0.4, 0.5) is 0 Å². The van der Waals surface area contributed by atoms with Gasteiger partial charge in [0.2, 0.25) is 5.91 Å². The Morgan fingerprint density at radius 1 is 0.976 bits per heavy atom. The van der Waals surface area contributed by atoms with Gasteiger partial charge in [0.05, 0.1) is 18.2 Å². The van der Waals surface area contributed by atoms with E-state index in [1.54, 1.807) is 0 Å². The number of hydrogen-bond donors (Lipinski definition) is 14. The maximum atomic E-state index is 12.5. The van der Waals surface area contributed by atoms with Gasteiger partial charge in [-0.25, -0.2) is 0 Å². The summed E-state index contributed by atoms with van der Waals surface area (Å²) in [7, 11) is 0. The molecular formula is C23H45N7O12. The van der Waals surface area contributed by atoms with Gasteiger partial charge in [0, 0.05) is 12.6 Å². The van der Waals surface area contributed by atoms with Gasteiger partial charge in [0.15, 0.2) is 18.5 Å². The number of rotatable bonds is 11. The fraction of sp³-hybridized carbons (Fsp3) is 0.913. The molecule has 244 valence electrons. The van der Waals surface area contributed by atoms with Crippen LogP contribution in [-0.2, 0) is 23.7 Å². The highest BCUT2D eigenvalue weighted by Crippen LogP contribution is 2.33. The number of carbonyl (C=O) groups excluding carboxylic acids is 1. The number of aliphatic hydroxyl groups is 7. The van der Waals surface area contributed by atoms with Gasteiger partial charge in [0.25, 0.3) is 0 Å². The molecule has 16 atom stereocenters. The zero-order valence-electron chi connectivity index (χ0n) is 23.0. The van der Waals surface area contributed by atoms with E-state index in [2.05, 4.69) is 10.6 Å². The lowest BCUT2D eigenvalue weighted by Crippen LogP contribution is -2.69. The lowest BCUT2D eigenvalue weighted by molar-refractivity contribution is -0.315. The Bertz CT molecular complexity index is 908. The number of guanidine groups is 1. The summed E-state index contributed by atoms with van der Waals surface area (Å²) in [5, 5.41) is 85.4. The third-order valence-corrected chi connectivity index (χ3v) is 7.65. The van der Waals surface area contributed by atoms with Crippen molar-refractivity contribution in [1.29, 1.82) is 5.41 Å². The van der Waals surface area contributed by atoms with Crippen LogP contribution in [0.3, 0.4) is 0 Å². The minimum atomic E-state index is -1.64. The molecule has 3 rings (SSSR count). The third kappa shape index (κ3) is 7.81. The zero-order chi connectivity index (χ0) is 31.5. The molecule has 1 aliphatic carbocycles. The number of carbonyl (C=O) groups is 1. The Morgan fingerprint density at radius 3 is 2.21 bits per heavy atom. The van der Waals surface area contributed by atoms with Crippen molar-refractivity contribution in [1.82, 2.24) is 10.6 Å². The number of amides is 1. The maximum absolute atomic E-state index is 12.5.